The minimum atomic E-state index is -0.0334. The van der Waals surface area contributed by atoms with Gasteiger partial charge < -0.3 is 9.32 Å². The highest BCUT2D eigenvalue weighted by atomic mass is 16.3. The molecule has 1 aromatic carbocycles. The first-order chi connectivity index (χ1) is 11.7. The third-order valence-electron chi connectivity index (χ3n) is 4.66. The van der Waals surface area contributed by atoms with Crippen molar-refractivity contribution < 1.29 is 9.21 Å². The first-order valence-corrected chi connectivity index (χ1v) is 8.25. The van der Waals surface area contributed by atoms with Crippen LogP contribution in [0.15, 0.2) is 47.2 Å². The Kier molecular flexibility index (Phi) is 3.76. The van der Waals surface area contributed by atoms with Crippen LogP contribution in [0.5, 0.6) is 0 Å². The zero-order valence-electron chi connectivity index (χ0n) is 13.6. The van der Waals surface area contributed by atoms with Gasteiger partial charge in [-0.15, -0.1) is 0 Å². The number of aromatic nitrogens is 2. The molecule has 5 heteroatoms. The average molecular weight is 321 g/mol. The van der Waals surface area contributed by atoms with Crippen LogP contribution >= 0.6 is 0 Å². The Labute approximate surface area is 140 Å². The molecule has 1 unspecified atom stereocenters. The molecular formula is C19H19N3O2. The van der Waals surface area contributed by atoms with Gasteiger partial charge in [0.15, 0.2) is 11.6 Å². The number of aryl methyl sites for hydroxylation is 1. The van der Waals surface area contributed by atoms with Gasteiger partial charge in [-0.05, 0) is 36.5 Å². The third-order valence-corrected chi connectivity index (χ3v) is 4.66. The summed E-state index contributed by atoms with van der Waals surface area (Å²) in [5.74, 6) is 0.957. The Balaban J connectivity index is 1.48. The van der Waals surface area contributed by atoms with Crippen LogP contribution in [-0.4, -0.2) is 33.9 Å². The molecule has 1 atom stereocenters. The summed E-state index contributed by atoms with van der Waals surface area (Å²) in [5, 5.41) is 1.21. The van der Waals surface area contributed by atoms with Crippen molar-refractivity contribution >= 4 is 16.8 Å². The second kappa shape index (κ2) is 6.07. The molecule has 0 bridgehead atoms. The van der Waals surface area contributed by atoms with E-state index in [0.717, 1.165) is 31.4 Å². The molecule has 2 aromatic heterocycles. The molecule has 4 rings (SSSR count). The van der Waals surface area contributed by atoms with E-state index < -0.39 is 0 Å². The van der Waals surface area contributed by atoms with Gasteiger partial charge in [0.25, 0.3) is 5.91 Å². The van der Waals surface area contributed by atoms with Crippen molar-refractivity contribution in [3.63, 3.8) is 0 Å². The van der Waals surface area contributed by atoms with Crippen molar-refractivity contribution in [2.45, 2.75) is 19.8 Å². The van der Waals surface area contributed by atoms with E-state index in [2.05, 4.69) is 28.2 Å². The number of fused-ring (bicyclic) bond motifs is 1. The lowest BCUT2D eigenvalue weighted by Crippen LogP contribution is -2.29. The van der Waals surface area contributed by atoms with Crippen molar-refractivity contribution in [3.05, 3.63) is 59.9 Å². The number of rotatable bonds is 3. The molecule has 0 aliphatic carbocycles. The minimum absolute atomic E-state index is 0.0334. The van der Waals surface area contributed by atoms with E-state index >= 15 is 0 Å². The van der Waals surface area contributed by atoms with Gasteiger partial charge in [-0.25, -0.2) is 4.98 Å². The number of benzene rings is 1. The number of hydrogen-bond acceptors (Lipinski definition) is 4. The standard InChI is InChI=1S/C19H19N3O2/c1-13-21-18(12-24-13)19(23)22-9-7-14(11-22)10-15-4-2-6-17-16(15)5-3-8-20-17/h2-6,8,12,14H,7,9-11H2,1H3. The number of carbonyl (C=O) groups excluding carboxylic acids is 1. The van der Waals surface area contributed by atoms with E-state index in [4.69, 9.17) is 4.42 Å². The maximum atomic E-state index is 12.5. The van der Waals surface area contributed by atoms with Crippen molar-refractivity contribution in [2.24, 2.45) is 5.92 Å². The summed E-state index contributed by atoms with van der Waals surface area (Å²) in [6.45, 7) is 3.29. The smallest absolute Gasteiger partial charge is 0.275 e. The number of nitrogens with zero attached hydrogens (tertiary/aromatic N) is 3. The average Bonchev–Trinajstić information content (AvgIpc) is 3.24. The van der Waals surface area contributed by atoms with Crippen LogP contribution in [0.3, 0.4) is 0 Å². The predicted molar refractivity (Wildman–Crippen MR) is 90.7 cm³/mol. The second-order valence-electron chi connectivity index (χ2n) is 6.35. The molecular weight excluding hydrogens is 302 g/mol. The monoisotopic (exact) mass is 321 g/mol. The molecule has 1 saturated heterocycles. The summed E-state index contributed by atoms with van der Waals surface area (Å²) in [6, 6.07) is 10.4. The number of hydrogen-bond donors (Lipinski definition) is 0. The first kappa shape index (κ1) is 14.9. The highest BCUT2D eigenvalue weighted by Gasteiger charge is 2.28. The van der Waals surface area contributed by atoms with Crippen LogP contribution in [0, 0.1) is 12.8 Å². The van der Waals surface area contributed by atoms with Gasteiger partial charge in [0, 0.05) is 31.6 Å². The number of carbonyl (C=O) groups is 1. The van der Waals surface area contributed by atoms with Crippen LogP contribution < -0.4 is 0 Å². The molecule has 0 spiro atoms. The lowest BCUT2D eigenvalue weighted by molar-refractivity contribution is 0.0781. The van der Waals surface area contributed by atoms with E-state index in [9.17, 15) is 4.79 Å². The fourth-order valence-electron chi connectivity index (χ4n) is 3.46. The number of likely N-dealkylation sites (tertiary alicyclic amines) is 1. The lowest BCUT2D eigenvalue weighted by atomic mass is 9.96. The summed E-state index contributed by atoms with van der Waals surface area (Å²) in [4.78, 5) is 22.9. The summed E-state index contributed by atoms with van der Waals surface area (Å²) in [5.41, 5.74) is 2.73. The molecule has 0 saturated carbocycles. The molecule has 5 nitrogen and oxygen atoms in total. The van der Waals surface area contributed by atoms with Crippen molar-refractivity contribution in [1.82, 2.24) is 14.9 Å². The maximum absolute atomic E-state index is 12.5. The Hall–Kier alpha value is -2.69. The first-order valence-electron chi connectivity index (χ1n) is 8.25. The predicted octanol–water partition coefficient (Wildman–Crippen LogP) is 3.24. The fourth-order valence-corrected chi connectivity index (χ4v) is 3.46. The van der Waals surface area contributed by atoms with E-state index in [1.165, 1.54) is 17.2 Å². The maximum Gasteiger partial charge on any atom is 0.275 e. The van der Waals surface area contributed by atoms with E-state index in [-0.39, 0.29) is 5.91 Å². The summed E-state index contributed by atoms with van der Waals surface area (Å²) in [7, 11) is 0. The third kappa shape index (κ3) is 2.77. The van der Waals surface area contributed by atoms with E-state index in [1.807, 2.05) is 23.2 Å². The molecule has 122 valence electrons. The molecule has 0 N–H and O–H groups in total. The van der Waals surface area contributed by atoms with E-state index in [0.29, 0.717) is 17.5 Å². The second-order valence-corrected chi connectivity index (χ2v) is 6.35. The van der Waals surface area contributed by atoms with Crippen molar-refractivity contribution in [3.8, 4) is 0 Å². The minimum Gasteiger partial charge on any atom is -0.448 e. The molecule has 1 aliphatic heterocycles. The van der Waals surface area contributed by atoms with Crippen molar-refractivity contribution in [1.29, 1.82) is 0 Å². The van der Waals surface area contributed by atoms with Gasteiger partial charge in [0.2, 0.25) is 0 Å². The normalized spacial score (nSPS) is 17.5. The highest BCUT2D eigenvalue weighted by Crippen LogP contribution is 2.26. The molecule has 1 amide bonds. The van der Waals surface area contributed by atoms with E-state index in [1.54, 1.807) is 6.92 Å². The quantitative estimate of drug-likeness (QED) is 0.743. The van der Waals surface area contributed by atoms with Gasteiger partial charge in [0.1, 0.15) is 6.26 Å². The Morgan fingerprint density at radius 2 is 2.25 bits per heavy atom. The van der Waals surface area contributed by atoms with Gasteiger partial charge in [0.05, 0.1) is 5.52 Å². The molecule has 1 aliphatic rings. The molecule has 3 aromatic rings. The zero-order chi connectivity index (χ0) is 16.5. The zero-order valence-corrected chi connectivity index (χ0v) is 13.6. The van der Waals surface area contributed by atoms with Gasteiger partial charge >= 0.3 is 0 Å². The van der Waals surface area contributed by atoms with Crippen LogP contribution in [-0.2, 0) is 6.42 Å². The van der Waals surface area contributed by atoms with Crippen LogP contribution in [0.25, 0.3) is 10.9 Å². The topological polar surface area (TPSA) is 59.2 Å². The highest BCUT2D eigenvalue weighted by molar-refractivity contribution is 5.92. The largest absolute Gasteiger partial charge is 0.448 e. The summed E-state index contributed by atoms with van der Waals surface area (Å²) < 4.78 is 5.15. The summed E-state index contributed by atoms with van der Waals surface area (Å²) >= 11 is 0. The van der Waals surface area contributed by atoms with Gasteiger partial charge in [-0.1, -0.05) is 18.2 Å². The lowest BCUT2D eigenvalue weighted by Gasteiger charge is -2.15. The Bertz CT molecular complexity index is 882. The number of pyridine rings is 1. The Morgan fingerprint density at radius 1 is 1.33 bits per heavy atom. The number of amides is 1. The SMILES string of the molecule is Cc1nc(C(=O)N2CCC(Cc3cccc4ncccc34)C2)co1. The van der Waals surface area contributed by atoms with Gasteiger partial charge in [-0.2, -0.15) is 0 Å². The molecule has 3 heterocycles. The Morgan fingerprint density at radius 3 is 3.08 bits per heavy atom. The van der Waals surface area contributed by atoms with Crippen LogP contribution in [0.4, 0.5) is 0 Å². The molecule has 24 heavy (non-hydrogen) atoms. The number of oxazole rings is 1. The molecule has 0 radical (unpaired) electrons. The van der Waals surface area contributed by atoms with Crippen LogP contribution in [0.1, 0.15) is 28.4 Å². The fraction of sp³-hybridized carbons (Fsp3) is 0.316. The summed E-state index contributed by atoms with van der Waals surface area (Å²) in [6.07, 6.45) is 5.24. The van der Waals surface area contributed by atoms with Gasteiger partial charge in [-0.3, -0.25) is 9.78 Å². The van der Waals surface area contributed by atoms with Crippen LogP contribution in [0.2, 0.25) is 0 Å². The van der Waals surface area contributed by atoms with Crippen molar-refractivity contribution in [2.75, 3.05) is 13.1 Å². The molecule has 1 fully saturated rings.